The quantitative estimate of drug-likeness (QED) is 0.733. The molecule has 0 aliphatic carbocycles. The Morgan fingerprint density at radius 3 is 2.55 bits per heavy atom. The SMILES string of the molecule is CCCC(C)OC[C@H](C)N(Cc1ncccn1)C(C)=O. The molecule has 1 aromatic rings. The second kappa shape index (κ2) is 8.64. The zero-order valence-electron chi connectivity index (χ0n) is 12.9. The van der Waals surface area contributed by atoms with Crippen molar-refractivity contribution < 1.29 is 9.53 Å². The first-order chi connectivity index (χ1) is 9.54. The van der Waals surface area contributed by atoms with Crippen LogP contribution in [0.2, 0.25) is 0 Å². The molecule has 0 aromatic carbocycles. The van der Waals surface area contributed by atoms with Gasteiger partial charge in [-0.15, -0.1) is 0 Å². The van der Waals surface area contributed by atoms with E-state index >= 15 is 0 Å². The molecule has 5 nitrogen and oxygen atoms in total. The van der Waals surface area contributed by atoms with Crippen LogP contribution in [-0.2, 0) is 16.1 Å². The summed E-state index contributed by atoms with van der Waals surface area (Å²) < 4.78 is 5.78. The minimum absolute atomic E-state index is 0.00983. The fourth-order valence-corrected chi connectivity index (χ4v) is 2.02. The van der Waals surface area contributed by atoms with Gasteiger partial charge in [0.1, 0.15) is 5.82 Å². The number of carbonyl (C=O) groups excluding carboxylic acids is 1. The molecule has 1 unspecified atom stereocenters. The van der Waals surface area contributed by atoms with Crippen LogP contribution in [0.15, 0.2) is 18.5 Å². The monoisotopic (exact) mass is 279 g/mol. The summed E-state index contributed by atoms with van der Waals surface area (Å²) in [5, 5.41) is 0. The Kier molecular flexibility index (Phi) is 7.15. The van der Waals surface area contributed by atoms with Crippen molar-refractivity contribution in [3.63, 3.8) is 0 Å². The Morgan fingerprint density at radius 2 is 2.00 bits per heavy atom. The minimum atomic E-state index is 0.00983. The molecular formula is C15H25N3O2. The number of carbonyl (C=O) groups is 1. The van der Waals surface area contributed by atoms with Gasteiger partial charge in [-0.2, -0.15) is 0 Å². The lowest BCUT2D eigenvalue weighted by molar-refractivity contribution is -0.133. The van der Waals surface area contributed by atoms with E-state index in [0.717, 1.165) is 12.8 Å². The van der Waals surface area contributed by atoms with Crippen molar-refractivity contribution in [1.82, 2.24) is 14.9 Å². The van der Waals surface area contributed by atoms with E-state index in [1.165, 1.54) is 0 Å². The van der Waals surface area contributed by atoms with E-state index in [0.29, 0.717) is 19.0 Å². The molecule has 1 aromatic heterocycles. The van der Waals surface area contributed by atoms with Crippen LogP contribution >= 0.6 is 0 Å². The standard InChI is InChI=1S/C15H25N3O2/c1-5-7-13(3)20-11-12(2)18(14(4)19)10-15-16-8-6-9-17-15/h6,8-9,12-13H,5,7,10-11H2,1-4H3/t12-,13?/m0/s1. The van der Waals surface area contributed by atoms with Crippen LogP contribution in [0.4, 0.5) is 0 Å². The van der Waals surface area contributed by atoms with Crippen LogP contribution in [0.5, 0.6) is 0 Å². The maximum absolute atomic E-state index is 11.8. The summed E-state index contributed by atoms with van der Waals surface area (Å²) in [6.07, 6.45) is 5.73. The van der Waals surface area contributed by atoms with E-state index in [4.69, 9.17) is 4.74 Å². The normalized spacial score (nSPS) is 13.8. The third-order valence-electron chi connectivity index (χ3n) is 3.18. The Bertz CT molecular complexity index is 397. The zero-order chi connectivity index (χ0) is 15.0. The summed E-state index contributed by atoms with van der Waals surface area (Å²) in [7, 11) is 0. The van der Waals surface area contributed by atoms with Crippen LogP contribution < -0.4 is 0 Å². The number of hydrogen-bond donors (Lipinski definition) is 0. The highest BCUT2D eigenvalue weighted by molar-refractivity contribution is 5.73. The van der Waals surface area contributed by atoms with Gasteiger partial charge < -0.3 is 9.64 Å². The van der Waals surface area contributed by atoms with Crippen molar-refractivity contribution >= 4 is 5.91 Å². The molecule has 0 bridgehead atoms. The van der Waals surface area contributed by atoms with E-state index in [9.17, 15) is 4.79 Å². The van der Waals surface area contributed by atoms with Crippen molar-refractivity contribution in [3.05, 3.63) is 24.3 Å². The van der Waals surface area contributed by atoms with Gasteiger partial charge in [0.05, 0.1) is 25.3 Å². The minimum Gasteiger partial charge on any atom is -0.376 e. The summed E-state index contributed by atoms with van der Waals surface area (Å²) in [5.41, 5.74) is 0. The summed E-state index contributed by atoms with van der Waals surface area (Å²) in [6.45, 7) is 8.71. The highest BCUT2D eigenvalue weighted by Gasteiger charge is 2.19. The van der Waals surface area contributed by atoms with Gasteiger partial charge in [0.15, 0.2) is 0 Å². The molecule has 0 saturated carbocycles. The topological polar surface area (TPSA) is 55.3 Å². The fourth-order valence-electron chi connectivity index (χ4n) is 2.02. The maximum atomic E-state index is 11.8. The number of hydrogen-bond acceptors (Lipinski definition) is 4. The highest BCUT2D eigenvalue weighted by Crippen LogP contribution is 2.08. The molecule has 1 heterocycles. The Balaban J connectivity index is 2.55. The lowest BCUT2D eigenvalue weighted by atomic mass is 10.2. The average molecular weight is 279 g/mol. The largest absolute Gasteiger partial charge is 0.376 e. The van der Waals surface area contributed by atoms with Crippen molar-refractivity contribution in [2.45, 2.75) is 59.2 Å². The molecule has 0 saturated heterocycles. The number of aromatic nitrogens is 2. The van der Waals surface area contributed by atoms with E-state index in [2.05, 4.69) is 23.8 Å². The Hall–Kier alpha value is -1.49. The molecule has 112 valence electrons. The van der Waals surface area contributed by atoms with Crippen LogP contribution in [0.1, 0.15) is 46.4 Å². The first-order valence-corrected chi connectivity index (χ1v) is 7.19. The van der Waals surface area contributed by atoms with Gasteiger partial charge in [-0.25, -0.2) is 9.97 Å². The van der Waals surface area contributed by atoms with Gasteiger partial charge in [0.25, 0.3) is 0 Å². The smallest absolute Gasteiger partial charge is 0.220 e. The fraction of sp³-hybridized carbons (Fsp3) is 0.667. The molecule has 1 amide bonds. The number of amides is 1. The van der Waals surface area contributed by atoms with Crippen molar-refractivity contribution in [2.75, 3.05) is 6.61 Å². The van der Waals surface area contributed by atoms with Gasteiger partial charge in [-0.05, 0) is 26.3 Å². The molecule has 0 fully saturated rings. The second-order valence-electron chi connectivity index (χ2n) is 5.09. The third kappa shape index (κ3) is 5.65. The summed E-state index contributed by atoms with van der Waals surface area (Å²) >= 11 is 0. The zero-order valence-corrected chi connectivity index (χ0v) is 12.9. The molecule has 1 rings (SSSR count). The van der Waals surface area contributed by atoms with Gasteiger partial charge in [-0.3, -0.25) is 4.79 Å². The lowest BCUT2D eigenvalue weighted by Crippen LogP contribution is -2.40. The molecular weight excluding hydrogens is 254 g/mol. The predicted octanol–water partition coefficient (Wildman–Crippen LogP) is 2.42. The summed E-state index contributed by atoms with van der Waals surface area (Å²) in [6, 6.07) is 1.77. The van der Waals surface area contributed by atoms with Crippen molar-refractivity contribution in [2.24, 2.45) is 0 Å². The number of ether oxygens (including phenoxy) is 1. The number of rotatable bonds is 8. The van der Waals surface area contributed by atoms with E-state index in [1.54, 1.807) is 30.3 Å². The Morgan fingerprint density at radius 1 is 1.35 bits per heavy atom. The van der Waals surface area contributed by atoms with Crippen molar-refractivity contribution in [3.8, 4) is 0 Å². The maximum Gasteiger partial charge on any atom is 0.220 e. The molecule has 0 aliphatic rings. The number of nitrogens with zero attached hydrogens (tertiary/aromatic N) is 3. The van der Waals surface area contributed by atoms with Crippen LogP contribution in [0.3, 0.4) is 0 Å². The predicted molar refractivity (Wildman–Crippen MR) is 78.0 cm³/mol. The molecule has 0 N–H and O–H groups in total. The van der Waals surface area contributed by atoms with E-state index in [1.807, 2.05) is 6.92 Å². The molecule has 0 radical (unpaired) electrons. The Labute approximate surface area is 121 Å². The molecule has 2 atom stereocenters. The first kappa shape index (κ1) is 16.6. The van der Waals surface area contributed by atoms with Crippen LogP contribution in [0, 0.1) is 0 Å². The lowest BCUT2D eigenvalue weighted by Gasteiger charge is -2.28. The first-order valence-electron chi connectivity index (χ1n) is 7.19. The third-order valence-corrected chi connectivity index (χ3v) is 3.18. The summed E-state index contributed by atoms with van der Waals surface area (Å²) in [4.78, 5) is 21.8. The van der Waals surface area contributed by atoms with E-state index < -0.39 is 0 Å². The highest BCUT2D eigenvalue weighted by atomic mass is 16.5. The molecule has 0 spiro atoms. The van der Waals surface area contributed by atoms with Gasteiger partial charge >= 0.3 is 0 Å². The molecule has 0 aliphatic heterocycles. The van der Waals surface area contributed by atoms with Crippen molar-refractivity contribution in [1.29, 1.82) is 0 Å². The second-order valence-corrected chi connectivity index (χ2v) is 5.09. The van der Waals surface area contributed by atoms with Crippen LogP contribution in [0.25, 0.3) is 0 Å². The van der Waals surface area contributed by atoms with Crippen LogP contribution in [-0.4, -0.2) is 39.5 Å². The molecule has 5 heteroatoms. The average Bonchev–Trinajstić information content (AvgIpc) is 2.43. The van der Waals surface area contributed by atoms with E-state index in [-0.39, 0.29) is 18.1 Å². The van der Waals surface area contributed by atoms with Gasteiger partial charge in [0.2, 0.25) is 5.91 Å². The summed E-state index contributed by atoms with van der Waals surface area (Å²) in [5.74, 6) is 0.660. The van der Waals surface area contributed by atoms with Gasteiger partial charge in [-0.1, -0.05) is 13.3 Å². The van der Waals surface area contributed by atoms with Gasteiger partial charge in [0, 0.05) is 19.3 Å². The molecule has 20 heavy (non-hydrogen) atoms.